The van der Waals surface area contributed by atoms with Crippen molar-refractivity contribution in [1.82, 2.24) is 10.2 Å². The summed E-state index contributed by atoms with van der Waals surface area (Å²) in [5.41, 5.74) is 0.374. The predicted octanol–water partition coefficient (Wildman–Crippen LogP) is 1.99. The van der Waals surface area contributed by atoms with Crippen molar-refractivity contribution in [3.05, 3.63) is 35.9 Å². The van der Waals surface area contributed by atoms with E-state index in [9.17, 15) is 24.6 Å². The molecule has 0 saturated carbocycles. The first-order chi connectivity index (χ1) is 15.6. The molecule has 0 aromatic heterocycles. The normalized spacial score (nSPS) is 21.4. The highest BCUT2D eigenvalue weighted by molar-refractivity contribution is 5.90. The van der Waals surface area contributed by atoms with Crippen LogP contribution in [0.25, 0.3) is 0 Å². The van der Waals surface area contributed by atoms with Crippen LogP contribution in [0.1, 0.15) is 52.5 Å². The number of likely N-dealkylation sites (tertiary alicyclic amines) is 1. The van der Waals surface area contributed by atoms with E-state index in [0.717, 1.165) is 17.7 Å². The lowest BCUT2D eigenvalue weighted by atomic mass is 9.96. The number of benzene rings is 1. The maximum Gasteiger partial charge on any atom is 0.408 e. The standard InChI is InChI=1S/C24H36N2O7/c1-5-32-22(30)19-14-17(13-9-12-16-10-7-6-8-11-16)20(28)26(19)21(29)18(15-27)25-23(31)33-24(2,3)4/h6-8,10-11,17-20,27-28H,5,9,12-15H2,1-4H3,(H,25,31)/t17-,18+,19-,20?/m0/s1. The molecule has 1 aromatic rings. The molecule has 1 aliphatic heterocycles. The van der Waals surface area contributed by atoms with Gasteiger partial charge in [-0.05, 0) is 58.9 Å². The molecule has 1 aliphatic rings. The van der Waals surface area contributed by atoms with Crippen LogP contribution in [0.15, 0.2) is 30.3 Å². The smallest absolute Gasteiger partial charge is 0.408 e. The third-order valence-electron chi connectivity index (χ3n) is 5.44. The Labute approximate surface area is 195 Å². The summed E-state index contributed by atoms with van der Waals surface area (Å²) in [5, 5.41) is 23.0. The summed E-state index contributed by atoms with van der Waals surface area (Å²) in [6.45, 7) is 6.09. The predicted molar refractivity (Wildman–Crippen MR) is 121 cm³/mol. The summed E-state index contributed by atoms with van der Waals surface area (Å²) >= 11 is 0. The second-order valence-electron chi connectivity index (χ2n) is 9.18. The number of carbonyl (C=O) groups is 3. The number of rotatable bonds is 9. The number of nitrogens with one attached hydrogen (secondary N) is 1. The van der Waals surface area contributed by atoms with Crippen LogP contribution in [0.4, 0.5) is 4.79 Å². The molecule has 184 valence electrons. The van der Waals surface area contributed by atoms with Gasteiger partial charge in [-0.15, -0.1) is 0 Å². The van der Waals surface area contributed by atoms with Crippen LogP contribution in [0.2, 0.25) is 0 Å². The molecule has 1 heterocycles. The Morgan fingerprint density at radius 3 is 2.45 bits per heavy atom. The van der Waals surface area contributed by atoms with Gasteiger partial charge in [0.05, 0.1) is 13.2 Å². The number of hydrogen-bond acceptors (Lipinski definition) is 7. The highest BCUT2D eigenvalue weighted by Crippen LogP contribution is 2.33. The second-order valence-corrected chi connectivity index (χ2v) is 9.18. The van der Waals surface area contributed by atoms with Crippen LogP contribution < -0.4 is 5.32 Å². The Morgan fingerprint density at radius 2 is 1.88 bits per heavy atom. The number of esters is 1. The first kappa shape index (κ1) is 26.6. The number of alkyl carbamates (subject to hydrolysis) is 1. The number of aliphatic hydroxyl groups excluding tert-OH is 2. The Morgan fingerprint density at radius 1 is 1.21 bits per heavy atom. The zero-order valence-electron chi connectivity index (χ0n) is 19.8. The number of ether oxygens (including phenoxy) is 2. The third-order valence-corrected chi connectivity index (χ3v) is 5.44. The van der Waals surface area contributed by atoms with E-state index in [4.69, 9.17) is 9.47 Å². The number of hydrogen-bond donors (Lipinski definition) is 3. The molecule has 4 atom stereocenters. The van der Waals surface area contributed by atoms with Gasteiger partial charge >= 0.3 is 12.1 Å². The number of nitrogens with zero attached hydrogens (tertiary/aromatic N) is 1. The van der Waals surface area contributed by atoms with Gasteiger partial charge in [-0.2, -0.15) is 0 Å². The third kappa shape index (κ3) is 7.71. The number of aryl methyl sites for hydroxylation is 1. The molecule has 33 heavy (non-hydrogen) atoms. The molecular formula is C24H36N2O7. The molecule has 2 rings (SSSR count). The van der Waals surface area contributed by atoms with Crippen molar-refractivity contribution >= 4 is 18.0 Å². The minimum absolute atomic E-state index is 0.131. The fourth-order valence-corrected chi connectivity index (χ4v) is 3.96. The van der Waals surface area contributed by atoms with Crippen molar-refractivity contribution in [1.29, 1.82) is 0 Å². The van der Waals surface area contributed by atoms with Gasteiger partial charge in [-0.25, -0.2) is 9.59 Å². The van der Waals surface area contributed by atoms with E-state index >= 15 is 0 Å². The van der Waals surface area contributed by atoms with Crippen LogP contribution in [-0.2, 0) is 25.5 Å². The lowest BCUT2D eigenvalue weighted by Crippen LogP contribution is -2.56. The number of amides is 2. The molecule has 0 radical (unpaired) electrons. The first-order valence-electron chi connectivity index (χ1n) is 11.4. The summed E-state index contributed by atoms with van der Waals surface area (Å²) in [6.07, 6.45) is 0.294. The van der Waals surface area contributed by atoms with Gasteiger partial charge in [0.25, 0.3) is 0 Å². The molecule has 1 fully saturated rings. The molecule has 3 N–H and O–H groups in total. The van der Waals surface area contributed by atoms with Crippen LogP contribution in [0.3, 0.4) is 0 Å². The van der Waals surface area contributed by atoms with Gasteiger partial charge in [0.2, 0.25) is 5.91 Å². The Bertz CT molecular complexity index is 794. The van der Waals surface area contributed by atoms with E-state index < -0.39 is 48.5 Å². The summed E-state index contributed by atoms with van der Waals surface area (Å²) in [6, 6.07) is 7.55. The molecule has 1 saturated heterocycles. The lowest BCUT2D eigenvalue weighted by molar-refractivity contribution is -0.160. The molecule has 9 heteroatoms. The van der Waals surface area contributed by atoms with E-state index in [0.29, 0.717) is 6.42 Å². The maximum atomic E-state index is 13.2. The van der Waals surface area contributed by atoms with Gasteiger partial charge in [0, 0.05) is 5.92 Å². The van der Waals surface area contributed by atoms with E-state index in [1.54, 1.807) is 27.7 Å². The minimum atomic E-state index is -1.37. The average molecular weight is 465 g/mol. The molecule has 1 unspecified atom stereocenters. The van der Waals surface area contributed by atoms with Crippen LogP contribution in [-0.4, -0.2) is 70.2 Å². The Kier molecular flexibility index (Phi) is 9.67. The second kappa shape index (κ2) is 12.0. The summed E-state index contributed by atoms with van der Waals surface area (Å²) < 4.78 is 10.3. The first-order valence-corrected chi connectivity index (χ1v) is 11.4. The topological polar surface area (TPSA) is 125 Å². The van der Waals surface area contributed by atoms with Crippen molar-refractivity contribution in [2.45, 2.75) is 77.3 Å². The van der Waals surface area contributed by atoms with Gasteiger partial charge in [-0.3, -0.25) is 4.79 Å². The average Bonchev–Trinajstić information content (AvgIpc) is 3.07. The SMILES string of the molecule is CCOC(=O)[C@@H]1C[C@H](CCCc2ccccc2)C(O)N1C(=O)[C@@H](CO)NC(=O)OC(C)(C)C. The van der Waals surface area contributed by atoms with Crippen molar-refractivity contribution in [3.8, 4) is 0 Å². The molecular weight excluding hydrogens is 428 g/mol. The highest BCUT2D eigenvalue weighted by Gasteiger charge is 2.48. The zero-order chi connectivity index (χ0) is 24.6. The molecule has 0 bridgehead atoms. The Hall–Kier alpha value is -2.65. The number of carbonyl (C=O) groups excluding carboxylic acids is 3. The van der Waals surface area contributed by atoms with Crippen molar-refractivity contribution in [2.24, 2.45) is 5.92 Å². The van der Waals surface area contributed by atoms with Gasteiger partial charge in [0.15, 0.2) is 0 Å². The monoisotopic (exact) mass is 464 g/mol. The van der Waals surface area contributed by atoms with E-state index in [1.165, 1.54) is 5.56 Å². The zero-order valence-corrected chi connectivity index (χ0v) is 19.8. The molecule has 1 aromatic carbocycles. The van der Waals surface area contributed by atoms with Gasteiger partial charge < -0.3 is 29.9 Å². The van der Waals surface area contributed by atoms with E-state index in [1.807, 2.05) is 30.3 Å². The van der Waals surface area contributed by atoms with E-state index in [-0.39, 0.29) is 18.9 Å². The van der Waals surface area contributed by atoms with Gasteiger partial charge in [0.1, 0.15) is 23.9 Å². The summed E-state index contributed by atoms with van der Waals surface area (Å²) in [5.74, 6) is -1.73. The molecule has 9 nitrogen and oxygen atoms in total. The fraction of sp³-hybridized carbons (Fsp3) is 0.625. The van der Waals surface area contributed by atoms with Crippen molar-refractivity contribution in [2.75, 3.05) is 13.2 Å². The Balaban J connectivity index is 2.11. The minimum Gasteiger partial charge on any atom is -0.464 e. The molecule has 0 spiro atoms. The van der Waals surface area contributed by atoms with Crippen LogP contribution >= 0.6 is 0 Å². The van der Waals surface area contributed by atoms with Crippen LogP contribution in [0, 0.1) is 5.92 Å². The van der Waals surface area contributed by atoms with Crippen molar-refractivity contribution in [3.63, 3.8) is 0 Å². The van der Waals surface area contributed by atoms with Gasteiger partial charge in [-0.1, -0.05) is 30.3 Å². The summed E-state index contributed by atoms with van der Waals surface area (Å²) in [7, 11) is 0. The molecule has 2 amide bonds. The largest absolute Gasteiger partial charge is 0.464 e. The van der Waals surface area contributed by atoms with Crippen LogP contribution in [0.5, 0.6) is 0 Å². The summed E-state index contributed by atoms with van der Waals surface area (Å²) in [4.78, 5) is 38.9. The lowest BCUT2D eigenvalue weighted by Gasteiger charge is -2.31. The fourth-order valence-electron chi connectivity index (χ4n) is 3.96. The maximum absolute atomic E-state index is 13.2. The van der Waals surface area contributed by atoms with E-state index in [2.05, 4.69) is 5.32 Å². The molecule has 0 aliphatic carbocycles. The number of aliphatic hydroxyl groups is 2. The van der Waals surface area contributed by atoms with Crippen molar-refractivity contribution < 1.29 is 34.1 Å². The quantitative estimate of drug-likeness (QED) is 0.477. The highest BCUT2D eigenvalue weighted by atomic mass is 16.6.